The van der Waals surface area contributed by atoms with Crippen molar-refractivity contribution in [1.82, 2.24) is 19.7 Å². The number of benzene rings is 2. The molecular formula is C25H33N5OS. The molecule has 1 N–H and O–H groups in total. The third-order valence-corrected chi connectivity index (χ3v) is 6.60. The van der Waals surface area contributed by atoms with Gasteiger partial charge in [-0.25, -0.2) is 0 Å². The van der Waals surface area contributed by atoms with Crippen LogP contribution in [-0.4, -0.2) is 44.9 Å². The van der Waals surface area contributed by atoms with Crippen molar-refractivity contribution in [1.29, 1.82) is 0 Å². The second-order valence-corrected chi connectivity index (χ2v) is 9.41. The van der Waals surface area contributed by atoms with Crippen molar-refractivity contribution in [3.8, 4) is 0 Å². The third kappa shape index (κ3) is 5.99. The molecule has 6 nitrogen and oxygen atoms in total. The zero-order chi connectivity index (χ0) is 23.1. The van der Waals surface area contributed by atoms with Crippen molar-refractivity contribution < 1.29 is 4.79 Å². The van der Waals surface area contributed by atoms with Gasteiger partial charge in [0.1, 0.15) is 0 Å². The topological polar surface area (TPSA) is 63.1 Å². The summed E-state index contributed by atoms with van der Waals surface area (Å²) in [6, 6.07) is 18.4. The molecule has 2 atom stereocenters. The molecule has 1 aromatic heterocycles. The Hall–Kier alpha value is -2.64. The zero-order valence-electron chi connectivity index (χ0n) is 19.6. The van der Waals surface area contributed by atoms with E-state index in [1.54, 1.807) is 0 Å². The monoisotopic (exact) mass is 451 g/mol. The van der Waals surface area contributed by atoms with Gasteiger partial charge in [-0.05, 0) is 57.1 Å². The molecular weight excluding hydrogens is 418 g/mol. The van der Waals surface area contributed by atoms with Crippen LogP contribution in [0.15, 0.2) is 59.8 Å². The molecule has 0 saturated carbocycles. The molecule has 0 aliphatic rings. The van der Waals surface area contributed by atoms with Gasteiger partial charge >= 0.3 is 0 Å². The molecule has 2 aromatic carbocycles. The van der Waals surface area contributed by atoms with Crippen LogP contribution in [0.1, 0.15) is 50.2 Å². The molecule has 0 bridgehead atoms. The molecule has 0 aliphatic carbocycles. The van der Waals surface area contributed by atoms with E-state index in [2.05, 4.69) is 65.1 Å². The second kappa shape index (κ2) is 11.3. The fourth-order valence-corrected chi connectivity index (χ4v) is 4.46. The summed E-state index contributed by atoms with van der Waals surface area (Å²) >= 11 is 1.44. The standard InChI is InChI=1S/C25H33N5OS/c1-6-19-13-15-21(16-14-19)26-24(31)18(3)32-25-28-27-23(22(7-2)29(4)5)30(25)17-20-11-9-8-10-12-20/h8-16,18,22H,6-7,17H2,1-5H3,(H,26,31). The Morgan fingerprint density at radius 2 is 1.72 bits per heavy atom. The van der Waals surface area contributed by atoms with Crippen LogP contribution in [0.2, 0.25) is 0 Å². The van der Waals surface area contributed by atoms with Crippen LogP contribution in [0.25, 0.3) is 0 Å². The van der Waals surface area contributed by atoms with Gasteiger partial charge in [-0.1, -0.05) is 68.1 Å². The molecule has 170 valence electrons. The van der Waals surface area contributed by atoms with E-state index in [0.29, 0.717) is 6.54 Å². The molecule has 7 heteroatoms. The lowest BCUT2D eigenvalue weighted by atomic mass is 10.1. The number of aromatic nitrogens is 3. The van der Waals surface area contributed by atoms with Crippen molar-refractivity contribution in [3.63, 3.8) is 0 Å². The van der Waals surface area contributed by atoms with E-state index in [-0.39, 0.29) is 17.2 Å². The van der Waals surface area contributed by atoms with Gasteiger partial charge in [0.25, 0.3) is 0 Å². The largest absolute Gasteiger partial charge is 0.325 e. The van der Waals surface area contributed by atoms with Crippen LogP contribution in [0.4, 0.5) is 5.69 Å². The summed E-state index contributed by atoms with van der Waals surface area (Å²) in [5.41, 5.74) is 3.24. The summed E-state index contributed by atoms with van der Waals surface area (Å²) in [7, 11) is 4.12. The van der Waals surface area contributed by atoms with Gasteiger partial charge in [-0.3, -0.25) is 9.69 Å². The number of hydrogen-bond donors (Lipinski definition) is 1. The number of nitrogens with zero attached hydrogens (tertiary/aromatic N) is 4. The number of nitrogens with one attached hydrogen (secondary N) is 1. The fourth-order valence-electron chi connectivity index (χ4n) is 3.61. The predicted octanol–water partition coefficient (Wildman–Crippen LogP) is 5.02. The molecule has 1 heterocycles. The summed E-state index contributed by atoms with van der Waals surface area (Å²) in [6.45, 7) is 6.85. The van der Waals surface area contributed by atoms with E-state index in [4.69, 9.17) is 0 Å². The predicted molar refractivity (Wildman–Crippen MR) is 132 cm³/mol. The summed E-state index contributed by atoms with van der Waals surface area (Å²) in [4.78, 5) is 15.0. The minimum atomic E-state index is -0.313. The minimum absolute atomic E-state index is 0.0466. The highest BCUT2D eigenvalue weighted by Gasteiger charge is 2.25. The summed E-state index contributed by atoms with van der Waals surface area (Å²) in [6.07, 6.45) is 1.90. The highest BCUT2D eigenvalue weighted by molar-refractivity contribution is 8.00. The van der Waals surface area contributed by atoms with Crippen LogP contribution in [0.5, 0.6) is 0 Å². The van der Waals surface area contributed by atoms with Gasteiger partial charge in [-0.2, -0.15) is 0 Å². The van der Waals surface area contributed by atoms with Crippen molar-refractivity contribution >= 4 is 23.4 Å². The van der Waals surface area contributed by atoms with Crippen LogP contribution in [-0.2, 0) is 17.8 Å². The SMILES string of the molecule is CCc1ccc(NC(=O)C(C)Sc2nnc(C(CC)N(C)C)n2Cc2ccccc2)cc1. The fraction of sp³-hybridized carbons (Fsp3) is 0.400. The molecule has 3 aromatic rings. The van der Waals surface area contributed by atoms with Crippen LogP contribution in [0.3, 0.4) is 0 Å². The molecule has 3 rings (SSSR count). The molecule has 2 unspecified atom stereocenters. The van der Waals surface area contributed by atoms with Crippen LogP contribution in [0, 0.1) is 0 Å². The van der Waals surface area contributed by atoms with E-state index in [0.717, 1.165) is 29.5 Å². The quantitative estimate of drug-likeness (QED) is 0.439. The highest BCUT2D eigenvalue weighted by Crippen LogP contribution is 2.29. The smallest absolute Gasteiger partial charge is 0.237 e. The summed E-state index contributed by atoms with van der Waals surface area (Å²) < 4.78 is 2.15. The average Bonchev–Trinajstić information content (AvgIpc) is 3.17. The molecule has 0 aliphatic heterocycles. The molecule has 32 heavy (non-hydrogen) atoms. The molecule has 0 spiro atoms. The lowest BCUT2D eigenvalue weighted by molar-refractivity contribution is -0.115. The average molecular weight is 452 g/mol. The zero-order valence-corrected chi connectivity index (χ0v) is 20.4. The Morgan fingerprint density at radius 3 is 2.31 bits per heavy atom. The lowest BCUT2D eigenvalue weighted by Crippen LogP contribution is -2.25. The maximum Gasteiger partial charge on any atom is 0.237 e. The first kappa shape index (κ1) is 24.0. The lowest BCUT2D eigenvalue weighted by Gasteiger charge is -2.23. The van der Waals surface area contributed by atoms with E-state index in [9.17, 15) is 4.79 Å². The number of anilines is 1. The highest BCUT2D eigenvalue weighted by atomic mass is 32.2. The summed E-state index contributed by atoms with van der Waals surface area (Å²) in [5, 5.41) is 12.5. The number of rotatable bonds is 10. The van der Waals surface area contributed by atoms with Gasteiger partial charge in [0.2, 0.25) is 5.91 Å². The Labute approximate surface area is 195 Å². The summed E-state index contributed by atoms with van der Waals surface area (Å²) in [5.74, 6) is 0.876. The normalized spacial score (nSPS) is 13.2. The number of hydrogen-bond acceptors (Lipinski definition) is 5. The first-order valence-corrected chi connectivity index (χ1v) is 12.0. The number of aryl methyl sites for hydroxylation is 1. The van der Waals surface area contributed by atoms with E-state index in [1.807, 2.05) is 49.4 Å². The maximum absolute atomic E-state index is 12.8. The van der Waals surface area contributed by atoms with Crippen LogP contribution < -0.4 is 5.32 Å². The van der Waals surface area contributed by atoms with E-state index in [1.165, 1.54) is 22.9 Å². The first-order chi connectivity index (χ1) is 15.4. The van der Waals surface area contributed by atoms with Gasteiger partial charge in [0.05, 0.1) is 17.8 Å². The molecule has 1 amide bonds. The van der Waals surface area contributed by atoms with Gasteiger partial charge in [-0.15, -0.1) is 10.2 Å². The van der Waals surface area contributed by atoms with Crippen molar-refractivity contribution in [3.05, 3.63) is 71.5 Å². The van der Waals surface area contributed by atoms with Crippen LogP contribution >= 0.6 is 11.8 Å². The Kier molecular flexibility index (Phi) is 8.47. The van der Waals surface area contributed by atoms with E-state index < -0.39 is 0 Å². The number of amides is 1. The Bertz CT molecular complexity index is 1000. The Morgan fingerprint density at radius 1 is 1.03 bits per heavy atom. The molecule has 0 fully saturated rings. The minimum Gasteiger partial charge on any atom is -0.325 e. The number of thioether (sulfide) groups is 1. The third-order valence-electron chi connectivity index (χ3n) is 5.52. The van der Waals surface area contributed by atoms with Crippen molar-refractivity contribution in [2.45, 2.75) is 56.6 Å². The van der Waals surface area contributed by atoms with Gasteiger partial charge < -0.3 is 9.88 Å². The first-order valence-electron chi connectivity index (χ1n) is 11.1. The van der Waals surface area contributed by atoms with E-state index >= 15 is 0 Å². The van der Waals surface area contributed by atoms with Gasteiger partial charge in [0.15, 0.2) is 11.0 Å². The van der Waals surface area contributed by atoms with Gasteiger partial charge in [0, 0.05) is 5.69 Å². The maximum atomic E-state index is 12.8. The van der Waals surface area contributed by atoms with Crippen molar-refractivity contribution in [2.75, 3.05) is 19.4 Å². The second-order valence-electron chi connectivity index (χ2n) is 8.10. The molecule has 0 radical (unpaired) electrons. The molecule has 0 saturated heterocycles. The Balaban J connectivity index is 1.80. The van der Waals surface area contributed by atoms with Crippen molar-refractivity contribution in [2.24, 2.45) is 0 Å². The number of carbonyl (C=O) groups is 1. The number of carbonyl (C=O) groups excluding carboxylic acids is 1.